The molecule has 2 aromatic heterocycles. The Bertz CT molecular complexity index is 1140. The highest BCUT2D eigenvalue weighted by molar-refractivity contribution is 14.1. The van der Waals surface area contributed by atoms with Crippen molar-refractivity contribution < 1.29 is 4.39 Å². The van der Waals surface area contributed by atoms with E-state index in [2.05, 4.69) is 27.6 Å². The lowest BCUT2D eigenvalue weighted by Crippen LogP contribution is -2.44. The SMILES string of the molecule is Cl.NC1CCC(n2c(=O)c3cc(F)cnc3n(-c3cccc(I)c3)c2=O)CC1. The fraction of sp³-hybridized carbons (Fsp3) is 0.316. The standard InChI is InChI=1S/C19H18FIN4O2.ClH/c20-11-8-16-17(23-10-11)24(15-3-1-2-12(21)9-15)19(27)25(18(16)26)14-6-4-13(22)5-7-14;/h1-3,8-10,13-14H,4-7,22H2;1H. The van der Waals surface area contributed by atoms with E-state index in [1.54, 1.807) is 6.07 Å². The zero-order valence-electron chi connectivity index (χ0n) is 14.8. The quantitative estimate of drug-likeness (QED) is 0.531. The van der Waals surface area contributed by atoms with Gasteiger partial charge in [-0.15, -0.1) is 12.4 Å². The number of hydrogen-bond donors (Lipinski definition) is 1. The van der Waals surface area contributed by atoms with Crippen molar-refractivity contribution in [3.05, 3.63) is 66.8 Å². The molecule has 0 spiro atoms. The maximum absolute atomic E-state index is 13.8. The molecule has 0 saturated heterocycles. The topological polar surface area (TPSA) is 82.9 Å². The highest BCUT2D eigenvalue weighted by Crippen LogP contribution is 2.26. The Morgan fingerprint density at radius 1 is 1.14 bits per heavy atom. The van der Waals surface area contributed by atoms with E-state index in [0.717, 1.165) is 28.7 Å². The summed E-state index contributed by atoms with van der Waals surface area (Å²) < 4.78 is 17.4. The second-order valence-corrected chi connectivity index (χ2v) is 8.11. The fourth-order valence-electron chi connectivity index (χ4n) is 3.71. The first-order valence-electron chi connectivity index (χ1n) is 8.80. The maximum Gasteiger partial charge on any atom is 0.337 e. The van der Waals surface area contributed by atoms with E-state index in [0.29, 0.717) is 18.5 Å². The third kappa shape index (κ3) is 3.72. The third-order valence-electron chi connectivity index (χ3n) is 5.06. The van der Waals surface area contributed by atoms with Crippen molar-refractivity contribution in [1.29, 1.82) is 0 Å². The number of aromatic nitrogens is 3. The summed E-state index contributed by atoms with van der Waals surface area (Å²) in [6, 6.07) is 8.34. The lowest BCUT2D eigenvalue weighted by molar-refractivity contribution is 0.309. The molecule has 6 nitrogen and oxygen atoms in total. The van der Waals surface area contributed by atoms with E-state index < -0.39 is 17.1 Å². The lowest BCUT2D eigenvalue weighted by Gasteiger charge is -2.27. The molecule has 3 aromatic rings. The number of nitrogens with zero attached hydrogens (tertiary/aromatic N) is 3. The molecule has 2 heterocycles. The molecule has 28 heavy (non-hydrogen) atoms. The average Bonchev–Trinajstić information content (AvgIpc) is 2.64. The molecule has 0 aliphatic heterocycles. The molecule has 9 heteroatoms. The van der Waals surface area contributed by atoms with Crippen LogP contribution < -0.4 is 17.0 Å². The first kappa shape index (κ1) is 20.9. The summed E-state index contributed by atoms with van der Waals surface area (Å²) in [5.74, 6) is -0.607. The Balaban J connectivity index is 0.00000225. The van der Waals surface area contributed by atoms with Gasteiger partial charge in [0.1, 0.15) is 5.82 Å². The molecular weight excluding hydrogens is 498 g/mol. The van der Waals surface area contributed by atoms with Gasteiger partial charge in [0.15, 0.2) is 5.65 Å². The summed E-state index contributed by atoms with van der Waals surface area (Å²) in [7, 11) is 0. The number of hydrogen-bond acceptors (Lipinski definition) is 4. The highest BCUT2D eigenvalue weighted by atomic mass is 127. The van der Waals surface area contributed by atoms with Gasteiger partial charge in [0.05, 0.1) is 17.3 Å². The predicted molar refractivity (Wildman–Crippen MR) is 117 cm³/mol. The van der Waals surface area contributed by atoms with Crippen molar-refractivity contribution in [3.8, 4) is 5.69 Å². The van der Waals surface area contributed by atoms with Gasteiger partial charge in [0.2, 0.25) is 0 Å². The number of pyridine rings is 1. The molecule has 0 amide bonds. The van der Waals surface area contributed by atoms with Crippen LogP contribution in [0.5, 0.6) is 0 Å². The zero-order chi connectivity index (χ0) is 19.1. The number of rotatable bonds is 2. The molecule has 1 fully saturated rings. The van der Waals surface area contributed by atoms with E-state index >= 15 is 0 Å². The van der Waals surface area contributed by atoms with Gasteiger partial charge in [-0.05, 0) is 72.5 Å². The first-order chi connectivity index (χ1) is 13.0. The molecule has 1 aliphatic carbocycles. The normalized spacial score (nSPS) is 19.4. The second kappa shape index (κ2) is 8.30. The zero-order valence-corrected chi connectivity index (χ0v) is 17.8. The van der Waals surface area contributed by atoms with Crippen LogP contribution in [0.25, 0.3) is 16.7 Å². The van der Waals surface area contributed by atoms with Gasteiger partial charge in [0, 0.05) is 15.7 Å². The van der Waals surface area contributed by atoms with Crippen LogP contribution in [0.4, 0.5) is 4.39 Å². The van der Waals surface area contributed by atoms with Gasteiger partial charge in [-0.3, -0.25) is 9.36 Å². The molecule has 148 valence electrons. The van der Waals surface area contributed by atoms with Gasteiger partial charge < -0.3 is 5.73 Å². The Hall–Kier alpha value is -1.78. The van der Waals surface area contributed by atoms with Gasteiger partial charge >= 0.3 is 5.69 Å². The molecule has 0 atom stereocenters. The largest absolute Gasteiger partial charge is 0.337 e. The van der Waals surface area contributed by atoms with Crippen LogP contribution in [0.3, 0.4) is 0 Å². The molecule has 2 N–H and O–H groups in total. The average molecular weight is 517 g/mol. The number of halogens is 3. The Kier molecular flexibility index (Phi) is 6.21. The van der Waals surface area contributed by atoms with Crippen molar-refractivity contribution in [2.45, 2.75) is 37.8 Å². The van der Waals surface area contributed by atoms with Crippen LogP contribution in [-0.4, -0.2) is 20.2 Å². The summed E-state index contributed by atoms with van der Waals surface area (Å²) >= 11 is 2.16. The third-order valence-corrected chi connectivity index (χ3v) is 5.74. The van der Waals surface area contributed by atoms with Crippen LogP contribution >= 0.6 is 35.0 Å². The molecule has 0 unspecified atom stereocenters. The minimum absolute atomic E-state index is 0. The van der Waals surface area contributed by atoms with E-state index in [4.69, 9.17) is 5.73 Å². The summed E-state index contributed by atoms with van der Waals surface area (Å²) in [5.41, 5.74) is 5.78. The number of fused-ring (bicyclic) bond motifs is 1. The minimum atomic E-state index is -0.607. The highest BCUT2D eigenvalue weighted by Gasteiger charge is 2.25. The van der Waals surface area contributed by atoms with Crippen molar-refractivity contribution in [2.75, 3.05) is 0 Å². The van der Waals surface area contributed by atoms with Crippen LogP contribution in [0.15, 0.2) is 46.1 Å². The van der Waals surface area contributed by atoms with E-state index in [9.17, 15) is 14.0 Å². The molecular formula is C19H19ClFIN4O2. The van der Waals surface area contributed by atoms with Crippen LogP contribution in [-0.2, 0) is 0 Å². The molecule has 1 aromatic carbocycles. The second-order valence-electron chi connectivity index (χ2n) is 6.87. The molecule has 4 rings (SSSR count). The monoisotopic (exact) mass is 516 g/mol. The van der Waals surface area contributed by atoms with Crippen LogP contribution in [0.1, 0.15) is 31.7 Å². The summed E-state index contributed by atoms with van der Waals surface area (Å²) in [5, 5.41) is 0.100. The number of nitrogens with two attached hydrogens (primary N) is 1. The van der Waals surface area contributed by atoms with Gasteiger partial charge in [-0.25, -0.2) is 18.7 Å². The molecule has 1 saturated carbocycles. The van der Waals surface area contributed by atoms with Crippen LogP contribution in [0, 0.1) is 9.39 Å². The lowest BCUT2D eigenvalue weighted by atomic mass is 9.91. The summed E-state index contributed by atoms with van der Waals surface area (Å²) in [6.45, 7) is 0. The van der Waals surface area contributed by atoms with Crippen molar-refractivity contribution in [1.82, 2.24) is 14.1 Å². The summed E-state index contributed by atoms with van der Waals surface area (Å²) in [4.78, 5) is 30.4. The van der Waals surface area contributed by atoms with Gasteiger partial charge in [-0.1, -0.05) is 6.07 Å². The smallest absolute Gasteiger partial charge is 0.328 e. The molecule has 0 bridgehead atoms. The van der Waals surface area contributed by atoms with Crippen molar-refractivity contribution in [2.24, 2.45) is 5.73 Å². The Labute approximate surface area is 180 Å². The van der Waals surface area contributed by atoms with Crippen LogP contribution in [0.2, 0.25) is 0 Å². The van der Waals surface area contributed by atoms with Crippen molar-refractivity contribution >= 4 is 46.0 Å². The van der Waals surface area contributed by atoms with E-state index in [1.165, 1.54) is 9.13 Å². The van der Waals surface area contributed by atoms with Crippen molar-refractivity contribution in [3.63, 3.8) is 0 Å². The van der Waals surface area contributed by atoms with Gasteiger partial charge in [-0.2, -0.15) is 0 Å². The fourth-order valence-corrected chi connectivity index (χ4v) is 4.24. The Morgan fingerprint density at radius 2 is 1.86 bits per heavy atom. The first-order valence-corrected chi connectivity index (χ1v) is 9.88. The minimum Gasteiger partial charge on any atom is -0.328 e. The Morgan fingerprint density at radius 3 is 2.54 bits per heavy atom. The van der Waals surface area contributed by atoms with E-state index in [1.807, 2.05) is 18.2 Å². The maximum atomic E-state index is 13.8. The number of benzene rings is 1. The summed E-state index contributed by atoms with van der Waals surface area (Å²) in [6.07, 6.45) is 3.82. The molecule has 1 aliphatic rings. The predicted octanol–water partition coefficient (Wildman–Crippen LogP) is 3.16. The van der Waals surface area contributed by atoms with E-state index in [-0.39, 0.29) is 35.5 Å². The van der Waals surface area contributed by atoms with Gasteiger partial charge in [0.25, 0.3) is 5.56 Å². The molecule has 0 radical (unpaired) electrons.